The molecule has 6 nitrogen and oxygen atoms in total. The highest BCUT2D eigenvalue weighted by Gasteiger charge is 2.17. The summed E-state index contributed by atoms with van der Waals surface area (Å²) in [5, 5.41) is 9.23. The first-order valence-corrected chi connectivity index (χ1v) is 10.4. The largest absolute Gasteiger partial charge is 0.485 e. The third-order valence-corrected chi connectivity index (χ3v) is 5.06. The molecule has 0 aliphatic rings. The van der Waals surface area contributed by atoms with E-state index in [1.807, 2.05) is 80.8 Å². The number of hydrogen-bond acceptors (Lipinski definition) is 6. The minimum Gasteiger partial charge on any atom is -0.485 e. The summed E-state index contributed by atoms with van der Waals surface area (Å²) in [4.78, 5) is 11.9. The summed E-state index contributed by atoms with van der Waals surface area (Å²) in [5.41, 5.74) is 3.06. The van der Waals surface area contributed by atoms with Crippen molar-refractivity contribution in [3.8, 4) is 11.4 Å². The lowest BCUT2D eigenvalue weighted by molar-refractivity contribution is -0.144. The van der Waals surface area contributed by atoms with E-state index in [4.69, 9.17) is 9.47 Å². The number of carbonyl (C=O) groups excluding carboxylic acids is 1. The standard InChI is InChI=1S/C22H25N3O3S/c1-15(2)28-20(26)14-29-22-24-23-19(25(22)18-11-6-5-7-12-18)13-27-21-16(3)9-8-10-17(21)4/h5-12,15H,13-14H2,1-4H3. The van der Waals surface area contributed by atoms with Crippen LogP contribution in [0.4, 0.5) is 0 Å². The van der Waals surface area contributed by atoms with E-state index in [0.717, 1.165) is 22.6 Å². The molecule has 0 bridgehead atoms. The van der Waals surface area contributed by atoms with Gasteiger partial charge in [-0.1, -0.05) is 48.2 Å². The Labute approximate surface area is 175 Å². The van der Waals surface area contributed by atoms with Crippen LogP contribution in [0.5, 0.6) is 5.75 Å². The van der Waals surface area contributed by atoms with Crippen LogP contribution in [0.3, 0.4) is 0 Å². The van der Waals surface area contributed by atoms with Gasteiger partial charge in [-0.2, -0.15) is 0 Å². The van der Waals surface area contributed by atoms with Gasteiger partial charge in [0.2, 0.25) is 0 Å². The molecule has 0 aliphatic heterocycles. The van der Waals surface area contributed by atoms with Crippen molar-refractivity contribution in [3.05, 3.63) is 65.5 Å². The van der Waals surface area contributed by atoms with Gasteiger partial charge in [-0.05, 0) is 51.0 Å². The molecular weight excluding hydrogens is 386 g/mol. The third-order valence-electron chi connectivity index (χ3n) is 4.16. The van der Waals surface area contributed by atoms with Gasteiger partial charge in [-0.3, -0.25) is 9.36 Å². The van der Waals surface area contributed by atoms with Crippen LogP contribution in [0, 0.1) is 13.8 Å². The maximum atomic E-state index is 11.9. The summed E-state index contributed by atoms with van der Waals surface area (Å²) < 4.78 is 13.2. The highest BCUT2D eigenvalue weighted by molar-refractivity contribution is 7.99. The topological polar surface area (TPSA) is 66.2 Å². The molecule has 0 saturated heterocycles. The molecule has 0 spiro atoms. The van der Waals surface area contributed by atoms with Gasteiger partial charge in [0, 0.05) is 5.69 Å². The first kappa shape index (κ1) is 20.9. The molecule has 0 amide bonds. The van der Waals surface area contributed by atoms with Crippen molar-refractivity contribution in [1.29, 1.82) is 0 Å². The summed E-state index contributed by atoms with van der Waals surface area (Å²) in [7, 11) is 0. The Morgan fingerprint density at radius 2 is 1.72 bits per heavy atom. The van der Waals surface area contributed by atoms with Gasteiger partial charge in [0.15, 0.2) is 11.0 Å². The molecular formula is C22H25N3O3S. The fourth-order valence-corrected chi connectivity index (χ4v) is 3.66. The van der Waals surface area contributed by atoms with Crippen LogP contribution < -0.4 is 4.74 Å². The second kappa shape index (κ2) is 9.60. The molecule has 0 aliphatic carbocycles. The van der Waals surface area contributed by atoms with Crippen LogP contribution in [0.2, 0.25) is 0 Å². The van der Waals surface area contributed by atoms with Crippen LogP contribution in [-0.4, -0.2) is 32.6 Å². The lowest BCUT2D eigenvalue weighted by Gasteiger charge is -2.13. The lowest BCUT2D eigenvalue weighted by Crippen LogP contribution is -2.14. The molecule has 0 radical (unpaired) electrons. The van der Waals surface area contributed by atoms with Crippen LogP contribution in [-0.2, 0) is 16.1 Å². The third kappa shape index (κ3) is 5.38. The summed E-state index contributed by atoms with van der Waals surface area (Å²) in [6.45, 7) is 7.97. The van der Waals surface area contributed by atoms with Gasteiger partial charge < -0.3 is 9.47 Å². The average Bonchev–Trinajstić information content (AvgIpc) is 3.09. The molecule has 0 atom stereocenters. The van der Waals surface area contributed by atoms with Crippen LogP contribution in [0.1, 0.15) is 30.8 Å². The number of thioether (sulfide) groups is 1. The molecule has 3 rings (SSSR count). The van der Waals surface area contributed by atoms with Gasteiger partial charge >= 0.3 is 5.97 Å². The van der Waals surface area contributed by atoms with Crippen molar-refractivity contribution >= 4 is 17.7 Å². The van der Waals surface area contributed by atoms with Gasteiger partial charge in [0.1, 0.15) is 12.4 Å². The summed E-state index contributed by atoms with van der Waals surface area (Å²) in [5.74, 6) is 1.41. The zero-order valence-corrected chi connectivity index (χ0v) is 17.9. The molecule has 0 N–H and O–H groups in total. The fourth-order valence-electron chi connectivity index (χ4n) is 2.91. The van der Waals surface area contributed by atoms with E-state index < -0.39 is 0 Å². The highest BCUT2D eigenvalue weighted by atomic mass is 32.2. The number of rotatable bonds is 8. The number of aromatic nitrogens is 3. The van der Waals surface area contributed by atoms with Crippen LogP contribution >= 0.6 is 11.8 Å². The lowest BCUT2D eigenvalue weighted by atomic mass is 10.1. The van der Waals surface area contributed by atoms with Gasteiger partial charge in [-0.25, -0.2) is 0 Å². The van der Waals surface area contributed by atoms with Crippen molar-refractivity contribution in [2.75, 3.05) is 5.75 Å². The first-order valence-electron chi connectivity index (χ1n) is 9.46. The molecule has 7 heteroatoms. The highest BCUT2D eigenvalue weighted by Crippen LogP contribution is 2.26. The van der Waals surface area contributed by atoms with Gasteiger partial charge in [-0.15, -0.1) is 10.2 Å². The minimum absolute atomic E-state index is 0.142. The molecule has 0 saturated carbocycles. The molecule has 1 aromatic heterocycles. The average molecular weight is 412 g/mol. The van der Waals surface area contributed by atoms with Crippen molar-refractivity contribution in [3.63, 3.8) is 0 Å². The molecule has 1 heterocycles. The number of ether oxygens (including phenoxy) is 2. The number of aryl methyl sites for hydroxylation is 2. The number of para-hydroxylation sites is 2. The Balaban J connectivity index is 1.83. The Morgan fingerprint density at radius 3 is 2.38 bits per heavy atom. The summed E-state index contributed by atoms with van der Waals surface area (Å²) in [6.07, 6.45) is -0.142. The smallest absolute Gasteiger partial charge is 0.316 e. The van der Waals surface area contributed by atoms with Crippen LogP contribution in [0.15, 0.2) is 53.7 Å². The summed E-state index contributed by atoms with van der Waals surface area (Å²) in [6, 6.07) is 15.9. The number of carbonyl (C=O) groups is 1. The van der Waals surface area contributed by atoms with Crippen molar-refractivity contribution < 1.29 is 14.3 Å². The molecule has 0 unspecified atom stereocenters. The Morgan fingerprint density at radius 1 is 1.03 bits per heavy atom. The van der Waals surface area contributed by atoms with Crippen molar-refractivity contribution in [2.45, 2.75) is 45.6 Å². The van der Waals surface area contributed by atoms with E-state index in [1.54, 1.807) is 0 Å². The van der Waals surface area contributed by atoms with E-state index in [-0.39, 0.29) is 24.4 Å². The molecule has 2 aromatic carbocycles. The summed E-state index contributed by atoms with van der Waals surface area (Å²) >= 11 is 1.30. The number of nitrogens with zero attached hydrogens (tertiary/aromatic N) is 3. The predicted molar refractivity (Wildman–Crippen MR) is 114 cm³/mol. The van der Waals surface area contributed by atoms with E-state index >= 15 is 0 Å². The second-order valence-electron chi connectivity index (χ2n) is 6.91. The monoisotopic (exact) mass is 411 g/mol. The van der Waals surface area contributed by atoms with E-state index in [2.05, 4.69) is 10.2 Å². The maximum Gasteiger partial charge on any atom is 0.316 e. The number of esters is 1. The van der Waals surface area contributed by atoms with E-state index in [0.29, 0.717) is 11.0 Å². The molecule has 29 heavy (non-hydrogen) atoms. The van der Waals surface area contributed by atoms with Gasteiger partial charge in [0.05, 0.1) is 11.9 Å². The van der Waals surface area contributed by atoms with E-state index in [1.165, 1.54) is 11.8 Å². The first-order chi connectivity index (χ1) is 14.0. The quantitative estimate of drug-likeness (QED) is 0.401. The fraction of sp³-hybridized carbons (Fsp3) is 0.318. The Bertz CT molecular complexity index is 950. The molecule has 152 valence electrons. The van der Waals surface area contributed by atoms with Crippen molar-refractivity contribution in [2.24, 2.45) is 0 Å². The van der Waals surface area contributed by atoms with E-state index in [9.17, 15) is 4.79 Å². The number of benzene rings is 2. The molecule has 0 fully saturated rings. The minimum atomic E-state index is -0.277. The second-order valence-corrected chi connectivity index (χ2v) is 7.85. The SMILES string of the molecule is Cc1cccc(C)c1OCc1nnc(SCC(=O)OC(C)C)n1-c1ccccc1. The van der Waals surface area contributed by atoms with Crippen LogP contribution in [0.25, 0.3) is 5.69 Å². The number of hydrogen-bond donors (Lipinski definition) is 0. The Hall–Kier alpha value is -2.80. The normalized spacial score (nSPS) is 10.9. The maximum absolute atomic E-state index is 11.9. The zero-order chi connectivity index (χ0) is 20.8. The van der Waals surface area contributed by atoms with Gasteiger partial charge in [0.25, 0.3) is 0 Å². The molecule has 3 aromatic rings. The predicted octanol–water partition coefficient (Wildman–Crippen LogP) is 4.51. The zero-order valence-electron chi connectivity index (χ0n) is 17.1. The van der Waals surface area contributed by atoms with Crippen molar-refractivity contribution in [1.82, 2.24) is 14.8 Å². The Kier molecular flexibility index (Phi) is 6.93.